The molecule has 184 valence electrons. The molecule has 0 amide bonds. The second-order valence-corrected chi connectivity index (χ2v) is 9.25. The van der Waals surface area contributed by atoms with Gasteiger partial charge in [-0.05, 0) is 61.7 Å². The van der Waals surface area contributed by atoms with Crippen LogP contribution in [0.4, 0.5) is 0 Å². The minimum atomic E-state index is -0.609. The molecule has 5 rings (SSSR count). The number of fused-ring (bicyclic) bond motifs is 1. The molecule has 0 aliphatic carbocycles. The predicted molar refractivity (Wildman–Crippen MR) is 132 cm³/mol. The number of benzene rings is 2. The summed E-state index contributed by atoms with van der Waals surface area (Å²) in [5.74, 6) is 3.07. The zero-order chi connectivity index (χ0) is 24.4. The highest BCUT2D eigenvalue weighted by molar-refractivity contribution is 6.32. The number of aromatic nitrogens is 2. The Morgan fingerprint density at radius 1 is 1.11 bits per heavy atom. The Morgan fingerprint density at radius 3 is 2.66 bits per heavy atom. The molecule has 1 unspecified atom stereocenters. The Labute approximate surface area is 208 Å². The maximum Gasteiger partial charge on any atom is 0.283 e. The Balaban J connectivity index is 1.15. The number of nitrogens with zero attached hydrogens (tertiary/aromatic N) is 3. The number of rotatable bonds is 8. The summed E-state index contributed by atoms with van der Waals surface area (Å²) in [6.45, 7) is 4.30. The highest BCUT2D eigenvalue weighted by Gasteiger charge is 2.23. The molecule has 1 aliphatic rings. The molecule has 0 bridgehead atoms. The number of aryl methyl sites for hydroxylation is 1. The van der Waals surface area contributed by atoms with E-state index < -0.39 is 6.10 Å². The minimum absolute atomic E-state index is 0.188. The van der Waals surface area contributed by atoms with Gasteiger partial charge >= 0.3 is 0 Å². The zero-order valence-corrected chi connectivity index (χ0v) is 20.5. The van der Waals surface area contributed by atoms with E-state index in [-0.39, 0.29) is 6.61 Å². The van der Waals surface area contributed by atoms with Crippen molar-refractivity contribution in [1.29, 1.82) is 0 Å². The Bertz CT molecular complexity index is 1300. The molecule has 2 aromatic carbocycles. The number of hydrogen-bond acceptors (Lipinski definition) is 8. The largest absolute Gasteiger partial charge is 0.495 e. The first-order chi connectivity index (χ1) is 17.0. The van der Waals surface area contributed by atoms with Crippen molar-refractivity contribution in [1.82, 2.24) is 15.1 Å². The van der Waals surface area contributed by atoms with E-state index in [0.29, 0.717) is 52.1 Å². The van der Waals surface area contributed by atoms with E-state index in [1.165, 1.54) is 5.56 Å². The number of ether oxygens (including phenoxy) is 2. The number of likely N-dealkylation sites (tertiary alicyclic amines) is 1. The minimum Gasteiger partial charge on any atom is -0.495 e. The van der Waals surface area contributed by atoms with Gasteiger partial charge in [-0.25, -0.2) is 0 Å². The lowest BCUT2D eigenvalue weighted by atomic mass is 9.89. The van der Waals surface area contributed by atoms with Crippen molar-refractivity contribution >= 4 is 22.6 Å². The number of β-amino-alcohol motifs (C(OH)–C–C–N with tert-alkyl or cyclic N) is 1. The number of piperidine rings is 1. The normalized spacial score (nSPS) is 16.0. The maximum atomic E-state index is 10.6. The molecular weight excluding hydrogens is 470 g/mol. The predicted octanol–water partition coefficient (Wildman–Crippen LogP) is 5.07. The van der Waals surface area contributed by atoms with Crippen molar-refractivity contribution in [2.45, 2.75) is 31.8 Å². The summed E-state index contributed by atoms with van der Waals surface area (Å²) in [5.41, 5.74) is 1.89. The van der Waals surface area contributed by atoms with Crippen LogP contribution in [0.2, 0.25) is 5.02 Å². The number of halogens is 1. The Hall–Kier alpha value is -3.07. The molecule has 4 aromatic rings. The number of methoxy groups -OCH3 is 1. The van der Waals surface area contributed by atoms with E-state index >= 15 is 0 Å². The Morgan fingerprint density at radius 2 is 1.94 bits per heavy atom. The van der Waals surface area contributed by atoms with Crippen molar-refractivity contribution in [3.8, 4) is 23.1 Å². The van der Waals surface area contributed by atoms with Crippen LogP contribution in [0.25, 0.3) is 22.6 Å². The molecular formula is C26H28ClN3O5. The van der Waals surface area contributed by atoms with Crippen molar-refractivity contribution in [2.24, 2.45) is 0 Å². The Kier molecular flexibility index (Phi) is 6.95. The van der Waals surface area contributed by atoms with Gasteiger partial charge in [-0.3, -0.25) is 0 Å². The van der Waals surface area contributed by atoms with E-state index in [0.717, 1.165) is 31.3 Å². The molecule has 9 heteroatoms. The lowest BCUT2D eigenvalue weighted by Crippen LogP contribution is -2.40. The van der Waals surface area contributed by atoms with Crippen LogP contribution in [0, 0.1) is 6.92 Å². The zero-order valence-electron chi connectivity index (χ0n) is 19.7. The lowest BCUT2D eigenvalue weighted by molar-refractivity contribution is 0.0599. The van der Waals surface area contributed by atoms with Gasteiger partial charge < -0.3 is 28.3 Å². The molecule has 1 aliphatic heterocycles. The van der Waals surface area contributed by atoms with Crippen LogP contribution in [-0.4, -0.2) is 59.7 Å². The summed E-state index contributed by atoms with van der Waals surface area (Å²) in [6, 6.07) is 13.4. The van der Waals surface area contributed by atoms with Gasteiger partial charge in [0.25, 0.3) is 5.89 Å². The molecule has 1 N–H and O–H groups in total. The summed E-state index contributed by atoms with van der Waals surface area (Å²) in [7, 11) is 1.62. The number of aliphatic hydroxyl groups excluding tert-OH is 1. The molecule has 2 aromatic heterocycles. The third-order valence-corrected chi connectivity index (χ3v) is 6.69. The molecule has 1 atom stereocenters. The van der Waals surface area contributed by atoms with E-state index in [2.05, 4.69) is 21.2 Å². The van der Waals surface area contributed by atoms with Gasteiger partial charge in [-0.1, -0.05) is 23.7 Å². The molecule has 1 saturated heterocycles. The van der Waals surface area contributed by atoms with Crippen LogP contribution < -0.4 is 9.47 Å². The second kappa shape index (κ2) is 10.3. The molecule has 0 spiro atoms. The number of aliphatic hydroxyl groups is 1. The summed E-state index contributed by atoms with van der Waals surface area (Å²) in [5, 5.41) is 19.9. The first-order valence-corrected chi connectivity index (χ1v) is 12.1. The molecule has 1 fully saturated rings. The van der Waals surface area contributed by atoms with Gasteiger partial charge in [0.1, 0.15) is 29.8 Å². The average Bonchev–Trinajstić information content (AvgIpc) is 3.49. The van der Waals surface area contributed by atoms with Gasteiger partial charge in [0.05, 0.1) is 17.5 Å². The fourth-order valence-corrected chi connectivity index (χ4v) is 4.85. The van der Waals surface area contributed by atoms with E-state index in [9.17, 15) is 5.11 Å². The third kappa shape index (κ3) is 5.29. The highest BCUT2D eigenvalue weighted by atomic mass is 35.5. The SMILES string of the molecule is COc1ccc(C2CCN(CC(O)COc3cccc4oc(-c5nnc(C)o5)cc34)CC2)cc1Cl. The van der Waals surface area contributed by atoms with E-state index in [4.69, 9.17) is 29.9 Å². The topological polar surface area (TPSA) is 94.0 Å². The van der Waals surface area contributed by atoms with Gasteiger partial charge in [0.15, 0.2) is 5.76 Å². The maximum absolute atomic E-state index is 10.6. The van der Waals surface area contributed by atoms with Crippen molar-refractivity contribution in [3.63, 3.8) is 0 Å². The first-order valence-electron chi connectivity index (χ1n) is 11.7. The molecule has 0 saturated carbocycles. The average molecular weight is 498 g/mol. The summed E-state index contributed by atoms with van der Waals surface area (Å²) < 4.78 is 22.5. The quantitative estimate of drug-likeness (QED) is 0.360. The monoisotopic (exact) mass is 497 g/mol. The standard InChI is InChI=1S/C26H28ClN3O5/c1-16-28-29-26(34-16)25-13-20-22(4-3-5-23(20)35-25)33-15-19(31)14-30-10-8-17(9-11-30)18-6-7-24(32-2)21(27)12-18/h3-7,12-13,17,19,31H,8-11,14-15H2,1-2H3. The van der Waals surface area contributed by atoms with E-state index in [1.54, 1.807) is 14.0 Å². The fourth-order valence-electron chi connectivity index (χ4n) is 4.58. The van der Waals surface area contributed by atoms with Gasteiger partial charge in [-0.2, -0.15) is 0 Å². The van der Waals surface area contributed by atoms with Gasteiger partial charge in [0, 0.05) is 19.5 Å². The van der Waals surface area contributed by atoms with Gasteiger partial charge in [-0.15, -0.1) is 10.2 Å². The first kappa shape index (κ1) is 23.7. The molecule has 35 heavy (non-hydrogen) atoms. The second-order valence-electron chi connectivity index (χ2n) is 8.84. The highest BCUT2D eigenvalue weighted by Crippen LogP contribution is 2.34. The van der Waals surface area contributed by atoms with E-state index in [1.807, 2.05) is 36.4 Å². The van der Waals surface area contributed by atoms with Crippen LogP contribution in [0.15, 0.2) is 51.3 Å². The summed E-state index contributed by atoms with van der Waals surface area (Å²) >= 11 is 6.30. The number of hydrogen-bond donors (Lipinski definition) is 1. The third-order valence-electron chi connectivity index (χ3n) is 6.39. The molecule has 8 nitrogen and oxygen atoms in total. The summed E-state index contributed by atoms with van der Waals surface area (Å²) in [4.78, 5) is 2.28. The number of furan rings is 1. The van der Waals surface area contributed by atoms with Crippen molar-refractivity contribution < 1.29 is 23.4 Å². The van der Waals surface area contributed by atoms with Crippen molar-refractivity contribution in [2.75, 3.05) is 33.4 Å². The summed E-state index contributed by atoms with van der Waals surface area (Å²) in [6.07, 6.45) is 1.42. The van der Waals surface area contributed by atoms with Crippen LogP contribution in [0.5, 0.6) is 11.5 Å². The van der Waals surface area contributed by atoms with Crippen LogP contribution in [0.1, 0.15) is 30.2 Å². The van der Waals surface area contributed by atoms with Crippen molar-refractivity contribution in [3.05, 3.63) is 58.9 Å². The van der Waals surface area contributed by atoms with Gasteiger partial charge in [0.2, 0.25) is 5.89 Å². The lowest BCUT2D eigenvalue weighted by Gasteiger charge is -2.33. The molecule has 3 heterocycles. The molecule has 0 radical (unpaired) electrons. The smallest absolute Gasteiger partial charge is 0.283 e. The fraction of sp³-hybridized carbons (Fsp3) is 0.385. The van der Waals surface area contributed by atoms with Crippen LogP contribution in [-0.2, 0) is 0 Å². The van der Waals surface area contributed by atoms with Crippen LogP contribution >= 0.6 is 11.6 Å². The van der Waals surface area contributed by atoms with Crippen LogP contribution in [0.3, 0.4) is 0 Å².